The van der Waals surface area contributed by atoms with Crippen molar-refractivity contribution in [1.82, 2.24) is 4.90 Å². The average molecular weight is 407 g/mol. The second-order valence-corrected chi connectivity index (χ2v) is 6.30. The molecule has 1 heterocycles. The van der Waals surface area contributed by atoms with E-state index in [1.54, 1.807) is 54.3 Å². The number of carboxylic acids is 1. The van der Waals surface area contributed by atoms with Crippen LogP contribution in [-0.4, -0.2) is 49.4 Å². The number of hydrogen-bond acceptors (Lipinski definition) is 6. The van der Waals surface area contributed by atoms with Gasteiger partial charge in [-0.3, -0.25) is 4.79 Å². The van der Waals surface area contributed by atoms with Gasteiger partial charge in [0.1, 0.15) is 24.2 Å². The van der Waals surface area contributed by atoms with Gasteiger partial charge < -0.3 is 29.0 Å². The SMILES string of the molecule is CCOC(Cc1ccc(OCCN2COc3ccccc3C2=O)cc1)C(=O)[O-].[Na+]. The van der Waals surface area contributed by atoms with Crippen LogP contribution >= 0.6 is 0 Å². The molecule has 0 aromatic heterocycles. The molecule has 8 heteroatoms. The number of para-hydroxylation sites is 1. The van der Waals surface area contributed by atoms with Crippen LogP contribution in [-0.2, 0) is 16.0 Å². The molecule has 3 rings (SSSR count). The van der Waals surface area contributed by atoms with Crippen LogP contribution in [0.1, 0.15) is 22.8 Å². The van der Waals surface area contributed by atoms with Crippen LogP contribution in [0.25, 0.3) is 0 Å². The Morgan fingerprint density at radius 1 is 1.21 bits per heavy atom. The van der Waals surface area contributed by atoms with Crippen LogP contribution in [0.5, 0.6) is 11.5 Å². The minimum atomic E-state index is -1.22. The zero-order valence-electron chi connectivity index (χ0n) is 16.6. The third-order valence-electron chi connectivity index (χ3n) is 4.39. The molecular weight excluding hydrogens is 385 g/mol. The van der Waals surface area contributed by atoms with Crippen molar-refractivity contribution in [3.63, 3.8) is 0 Å². The fraction of sp³-hybridized carbons (Fsp3) is 0.333. The van der Waals surface area contributed by atoms with E-state index in [0.29, 0.717) is 36.8 Å². The number of amides is 1. The first kappa shape index (κ1) is 23.2. The normalized spacial score (nSPS) is 13.7. The van der Waals surface area contributed by atoms with Crippen LogP contribution in [0.3, 0.4) is 0 Å². The van der Waals surface area contributed by atoms with E-state index in [1.807, 2.05) is 6.07 Å². The molecule has 0 saturated carbocycles. The summed E-state index contributed by atoms with van der Waals surface area (Å²) in [4.78, 5) is 25.1. The number of carboxylic acid groups (broad SMARTS) is 1. The molecule has 1 aliphatic heterocycles. The van der Waals surface area contributed by atoms with Gasteiger partial charge in [-0.15, -0.1) is 0 Å². The molecule has 148 valence electrons. The first-order valence-electron chi connectivity index (χ1n) is 9.13. The Hall–Kier alpha value is -2.06. The minimum absolute atomic E-state index is 0. The molecule has 29 heavy (non-hydrogen) atoms. The summed E-state index contributed by atoms with van der Waals surface area (Å²) in [6.45, 7) is 2.95. The van der Waals surface area contributed by atoms with Crippen LogP contribution < -0.4 is 44.1 Å². The van der Waals surface area contributed by atoms with Crippen LogP contribution in [0.15, 0.2) is 48.5 Å². The molecular formula is C21H22NNaO6. The number of hydrogen-bond donors (Lipinski definition) is 0. The van der Waals surface area contributed by atoms with E-state index < -0.39 is 12.1 Å². The molecule has 1 unspecified atom stereocenters. The maximum atomic E-state index is 12.4. The largest absolute Gasteiger partial charge is 1.00 e. The van der Waals surface area contributed by atoms with E-state index in [1.165, 1.54) is 0 Å². The van der Waals surface area contributed by atoms with Gasteiger partial charge in [0, 0.05) is 13.0 Å². The van der Waals surface area contributed by atoms with Crippen molar-refractivity contribution in [2.45, 2.75) is 19.4 Å². The minimum Gasteiger partial charge on any atom is -0.547 e. The molecule has 0 spiro atoms. The Morgan fingerprint density at radius 2 is 1.93 bits per heavy atom. The van der Waals surface area contributed by atoms with E-state index in [9.17, 15) is 14.7 Å². The molecule has 2 aromatic rings. The monoisotopic (exact) mass is 407 g/mol. The van der Waals surface area contributed by atoms with Crippen LogP contribution in [0, 0.1) is 0 Å². The second-order valence-electron chi connectivity index (χ2n) is 6.30. The first-order chi connectivity index (χ1) is 13.6. The van der Waals surface area contributed by atoms with Gasteiger partial charge >= 0.3 is 29.6 Å². The van der Waals surface area contributed by atoms with Gasteiger partial charge in [-0.1, -0.05) is 24.3 Å². The third kappa shape index (κ3) is 6.21. The van der Waals surface area contributed by atoms with Gasteiger partial charge in [0.2, 0.25) is 0 Å². The van der Waals surface area contributed by atoms with Crippen molar-refractivity contribution in [1.29, 1.82) is 0 Å². The Bertz CT molecular complexity index is 826. The molecule has 1 atom stereocenters. The van der Waals surface area contributed by atoms with Crippen molar-refractivity contribution >= 4 is 11.9 Å². The number of carbonyl (C=O) groups excluding carboxylic acids is 2. The summed E-state index contributed by atoms with van der Waals surface area (Å²) >= 11 is 0. The summed E-state index contributed by atoms with van der Waals surface area (Å²) in [5, 5.41) is 11.1. The predicted molar refractivity (Wildman–Crippen MR) is 99.0 cm³/mol. The molecule has 0 bridgehead atoms. The first-order valence-corrected chi connectivity index (χ1v) is 9.13. The van der Waals surface area contributed by atoms with Gasteiger partial charge in [0.15, 0.2) is 6.73 Å². The van der Waals surface area contributed by atoms with Gasteiger partial charge in [0.05, 0.1) is 18.1 Å². The topological polar surface area (TPSA) is 88.1 Å². The summed E-state index contributed by atoms with van der Waals surface area (Å²) in [6, 6.07) is 14.3. The summed E-state index contributed by atoms with van der Waals surface area (Å²) in [6.07, 6.45) is -0.736. The average Bonchev–Trinajstić information content (AvgIpc) is 2.70. The van der Waals surface area contributed by atoms with Gasteiger partial charge in [-0.25, -0.2) is 0 Å². The molecule has 1 aliphatic rings. The molecule has 1 amide bonds. The summed E-state index contributed by atoms with van der Waals surface area (Å²) in [5.41, 5.74) is 1.36. The van der Waals surface area contributed by atoms with Crippen molar-refractivity contribution in [3.05, 3.63) is 59.7 Å². The fourth-order valence-electron chi connectivity index (χ4n) is 2.93. The molecule has 0 N–H and O–H groups in total. The Balaban J connectivity index is 0.00000300. The molecule has 0 aliphatic carbocycles. The quantitative estimate of drug-likeness (QED) is 0.459. The summed E-state index contributed by atoms with van der Waals surface area (Å²) in [5.74, 6) is -0.0691. The molecule has 7 nitrogen and oxygen atoms in total. The summed E-state index contributed by atoms with van der Waals surface area (Å²) in [7, 11) is 0. The zero-order valence-corrected chi connectivity index (χ0v) is 18.6. The predicted octanol–water partition coefficient (Wildman–Crippen LogP) is -1.74. The van der Waals surface area contributed by atoms with E-state index in [2.05, 4.69) is 0 Å². The number of rotatable bonds is 9. The van der Waals surface area contributed by atoms with Gasteiger partial charge in [-0.2, -0.15) is 0 Å². The maximum absolute atomic E-state index is 12.4. The number of ether oxygens (including phenoxy) is 3. The summed E-state index contributed by atoms with van der Waals surface area (Å²) < 4.78 is 16.4. The molecule has 0 radical (unpaired) electrons. The van der Waals surface area contributed by atoms with E-state index >= 15 is 0 Å². The van der Waals surface area contributed by atoms with Crippen molar-refractivity contribution < 1.29 is 58.5 Å². The molecule has 2 aromatic carbocycles. The maximum Gasteiger partial charge on any atom is 1.00 e. The van der Waals surface area contributed by atoms with Crippen LogP contribution in [0.4, 0.5) is 0 Å². The Labute approximate surface area is 191 Å². The molecule has 0 saturated heterocycles. The van der Waals surface area contributed by atoms with Gasteiger partial charge in [-0.05, 0) is 36.8 Å². The number of carbonyl (C=O) groups is 2. The third-order valence-corrected chi connectivity index (χ3v) is 4.39. The van der Waals surface area contributed by atoms with E-state index in [-0.39, 0.29) is 48.6 Å². The Kier molecular flexibility index (Phi) is 8.98. The van der Waals surface area contributed by atoms with Crippen molar-refractivity contribution in [2.75, 3.05) is 26.5 Å². The van der Waals surface area contributed by atoms with Crippen molar-refractivity contribution in [3.8, 4) is 11.5 Å². The van der Waals surface area contributed by atoms with E-state index in [4.69, 9.17) is 14.2 Å². The van der Waals surface area contributed by atoms with E-state index in [0.717, 1.165) is 5.56 Å². The second kappa shape index (κ2) is 11.2. The number of aliphatic carboxylic acids is 1. The standard InChI is InChI=1S/C21H23NO6.Na/c1-2-26-19(21(24)25)13-15-7-9-16(10-8-15)27-12-11-22-14-28-18-6-4-3-5-17(18)20(22)23;/h3-10,19H,2,11-14H2,1H3,(H,24,25);/q;+1/p-1. The van der Waals surface area contributed by atoms with Gasteiger partial charge in [0.25, 0.3) is 5.91 Å². The smallest absolute Gasteiger partial charge is 0.547 e. The van der Waals surface area contributed by atoms with Crippen molar-refractivity contribution in [2.24, 2.45) is 0 Å². The number of nitrogens with zero attached hydrogens (tertiary/aromatic N) is 1. The number of fused-ring (bicyclic) bond motifs is 1. The number of benzene rings is 2. The van der Waals surface area contributed by atoms with Crippen LogP contribution in [0.2, 0.25) is 0 Å². The zero-order chi connectivity index (χ0) is 19.9. The molecule has 0 fully saturated rings. The fourth-order valence-corrected chi connectivity index (χ4v) is 2.93. The Morgan fingerprint density at radius 3 is 2.62 bits per heavy atom.